The summed E-state index contributed by atoms with van der Waals surface area (Å²) in [6.45, 7) is 7.05. The van der Waals surface area contributed by atoms with Crippen LogP contribution in [0.15, 0.2) is 24.3 Å². The molecule has 1 heterocycles. The van der Waals surface area contributed by atoms with Crippen molar-refractivity contribution in [1.82, 2.24) is 10.2 Å². The van der Waals surface area contributed by atoms with Crippen LogP contribution in [0.4, 0.5) is 0 Å². The van der Waals surface area contributed by atoms with Gasteiger partial charge in [-0.3, -0.25) is 4.90 Å². The Kier molecular flexibility index (Phi) is 11.8. The monoisotopic (exact) mass is 336 g/mol. The molecule has 2 rings (SSSR count). The number of rotatable bonds is 7. The zero-order valence-electron chi connectivity index (χ0n) is 12.5. The van der Waals surface area contributed by atoms with Crippen molar-refractivity contribution in [2.24, 2.45) is 0 Å². The lowest BCUT2D eigenvalue weighted by molar-refractivity contribution is 0.0374. The van der Waals surface area contributed by atoms with Crippen molar-refractivity contribution in [1.29, 1.82) is 0 Å². The molecule has 1 aromatic rings. The van der Waals surface area contributed by atoms with Gasteiger partial charge in [-0.05, 0) is 37.2 Å². The van der Waals surface area contributed by atoms with Gasteiger partial charge in [-0.25, -0.2) is 0 Å². The van der Waals surface area contributed by atoms with Crippen molar-refractivity contribution in [3.05, 3.63) is 29.8 Å². The molecule has 0 amide bonds. The second kappa shape index (κ2) is 12.1. The number of hydrogen-bond acceptors (Lipinski definition) is 4. The van der Waals surface area contributed by atoms with Crippen molar-refractivity contribution in [3.8, 4) is 5.75 Å². The van der Waals surface area contributed by atoms with Crippen LogP contribution in [0, 0.1) is 0 Å². The van der Waals surface area contributed by atoms with E-state index in [1.807, 2.05) is 12.1 Å². The van der Waals surface area contributed by atoms with Crippen LogP contribution >= 0.6 is 24.8 Å². The van der Waals surface area contributed by atoms with E-state index in [1.54, 1.807) is 7.11 Å². The summed E-state index contributed by atoms with van der Waals surface area (Å²) in [5.74, 6) is 0.924. The van der Waals surface area contributed by atoms with E-state index in [2.05, 4.69) is 22.3 Å². The minimum Gasteiger partial charge on any atom is -0.497 e. The largest absolute Gasteiger partial charge is 0.497 e. The summed E-state index contributed by atoms with van der Waals surface area (Å²) in [6, 6.07) is 8.21. The molecule has 1 aliphatic rings. The first-order valence-corrected chi connectivity index (χ1v) is 7.02. The number of halogens is 2. The van der Waals surface area contributed by atoms with Crippen molar-refractivity contribution in [2.45, 2.75) is 13.0 Å². The third kappa shape index (κ3) is 7.88. The van der Waals surface area contributed by atoms with E-state index < -0.39 is 0 Å². The fraction of sp³-hybridized carbons (Fsp3) is 0.600. The maximum Gasteiger partial charge on any atom is 0.119 e. The standard InChI is InChI=1S/C15H24N2O2.2ClH/c1-18-15-5-2-4-14(12-15)13-16-6-3-7-17-8-10-19-11-9-17;;/h2,4-5,12,16H,3,6-11,13H2,1H3;2*1H. The Morgan fingerprint density at radius 2 is 2.00 bits per heavy atom. The highest BCUT2D eigenvalue weighted by Gasteiger charge is 2.08. The number of methoxy groups -OCH3 is 1. The highest BCUT2D eigenvalue weighted by Crippen LogP contribution is 2.12. The van der Waals surface area contributed by atoms with Crippen LogP contribution in [0.1, 0.15) is 12.0 Å². The molecule has 1 fully saturated rings. The van der Waals surface area contributed by atoms with Gasteiger partial charge < -0.3 is 14.8 Å². The van der Waals surface area contributed by atoms with Crippen LogP contribution in [0.5, 0.6) is 5.75 Å². The maximum atomic E-state index is 5.34. The molecule has 1 aromatic carbocycles. The smallest absolute Gasteiger partial charge is 0.119 e. The van der Waals surface area contributed by atoms with E-state index in [1.165, 1.54) is 12.0 Å². The van der Waals surface area contributed by atoms with Crippen LogP contribution in [0.25, 0.3) is 0 Å². The maximum absolute atomic E-state index is 5.34. The van der Waals surface area contributed by atoms with Gasteiger partial charge in [0.15, 0.2) is 0 Å². The molecule has 0 radical (unpaired) electrons. The van der Waals surface area contributed by atoms with Crippen LogP contribution < -0.4 is 10.1 Å². The highest BCUT2D eigenvalue weighted by atomic mass is 35.5. The number of hydrogen-bond donors (Lipinski definition) is 1. The summed E-state index contributed by atoms with van der Waals surface area (Å²) < 4.78 is 10.6. The van der Waals surface area contributed by atoms with Crippen LogP contribution in [-0.4, -0.2) is 51.4 Å². The summed E-state index contributed by atoms with van der Waals surface area (Å²) in [5.41, 5.74) is 1.27. The lowest BCUT2D eigenvalue weighted by Crippen LogP contribution is -2.37. The lowest BCUT2D eigenvalue weighted by Gasteiger charge is -2.26. The molecule has 6 heteroatoms. The summed E-state index contributed by atoms with van der Waals surface area (Å²) >= 11 is 0. The number of benzene rings is 1. The van der Waals surface area contributed by atoms with Gasteiger partial charge in [-0.15, -0.1) is 24.8 Å². The number of ether oxygens (including phenoxy) is 2. The summed E-state index contributed by atoms with van der Waals surface area (Å²) in [7, 11) is 1.70. The van der Waals surface area contributed by atoms with Crippen molar-refractivity contribution >= 4 is 24.8 Å². The van der Waals surface area contributed by atoms with Gasteiger partial charge in [-0.1, -0.05) is 12.1 Å². The molecular weight excluding hydrogens is 311 g/mol. The SMILES string of the molecule is COc1cccc(CNCCCN2CCOCC2)c1.Cl.Cl. The average Bonchev–Trinajstić information content (AvgIpc) is 2.48. The number of nitrogens with zero attached hydrogens (tertiary/aromatic N) is 1. The second-order valence-corrected chi connectivity index (χ2v) is 4.84. The molecule has 122 valence electrons. The number of morpholine rings is 1. The highest BCUT2D eigenvalue weighted by molar-refractivity contribution is 5.85. The fourth-order valence-electron chi connectivity index (χ4n) is 2.27. The Bertz CT molecular complexity index is 374. The molecule has 0 bridgehead atoms. The van der Waals surface area contributed by atoms with Gasteiger partial charge >= 0.3 is 0 Å². The Morgan fingerprint density at radius 3 is 2.71 bits per heavy atom. The summed E-state index contributed by atoms with van der Waals surface area (Å²) in [6.07, 6.45) is 1.18. The van der Waals surface area contributed by atoms with Gasteiger partial charge in [0.25, 0.3) is 0 Å². The molecule has 0 atom stereocenters. The molecule has 4 nitrogen and oxygen atoms in total. The van der Waals surface area contributed by atoms with Crippen LogP contribution in [0.2, 0.25) is 0 Å². The molecule has 0 aliphatic carbocycles. The van der Waals surface area contributed by atoms with Crippen molar-refractivity contribution < 1.29 is 9.47 Å². The third-order valence-corrected chi connectivity index (χ3v) is 3.39. The molecule has 0 unspecified atom stereocenters. The average molecular weight is 337 g/mol. The van der Waals surface area contributed by atoms with Gasteiger partial charge in [-0.2, -0.15) is 0 Å². The van der Waals surface area contributed by atoms with E-state index >= 15 is 0 Å². The van der Waals surface area contributed by atoms with E-state index in [0.29, 0.717) is 0 Å². The van der Waals surface area contributed by atoms with Gasteiger partial charge in [0.1, 0.15) is 5.75 Å². The van der Waals surface area contributed by atoms with Gasteiger partial charge in [0.2, 0.25) is 0 Å². The zero-order valence-corrected chi connectivity index (χ0v) is 14.2. The summed E-state index contributed by atoms with van der Waals surface area (Å²) in [5, 5.41) is 3.48. The lowest BCUT2D eigenvalue weighted by atomic mass is 10.2. The van der Waals surface area contributed by atoms with E-state index in [-0.39, 0.29) is 24.8 Å². The predicted molar refractivity (Wildman–Crippen MR) is 91.1 cm³/mol. The molecule has 0 spiro atoms. The first-order valence-electron chi connectivity index (χ1n) is 7.02. The van der Waals surface area contributed by atoms with E-state index in [0.717, 1.165) is 51.7 Å². The normalized spacial score (nSPS) is 14.9. The Labute approximate surface area is 140 Å². The minimum atomic E-state index is 0. The first-order chi connectivity index (χ1) is 9.38. The minimum absolute atomic E-state index is 0. The Hall–Kier alpha value is -0.520. The third-order valence-electron chi connectivity index (χ3n) is 3.39. The summed E-state index contributed by atoms with van der Waals surface area (Å²) in [4.78, 5) is 2.47. The molecule has 1 aliphatic heterocycles. The molecule has 1 saturated heterocycles. The Balaban J connectivity index is 0.00000200. The quantitative estimate of drug-likeness (QED) is 0.775. The molecule has 0 aromatic heterocycles. The van der Waals surface area contributed by atoms with Crippen molar-refractivity contribution in [3.63, 3.8) is 0 Å². The van der Waals surface area contributed by atoms with Gasteiger partial charge in [0.05, 0.1) is 20.3 Å². The first kappa shape index (κ1) is 20.5. The zero-order chi connectivity index (χ0) is 13.3. The Morgan fingerprint density at radius 1 is 1.24 bits per heavy atom. The molecular formula is C15H26Cl2N2O2. The fourth-order valence-corrected chi connectivity index (χ4v) is 2.27. The topological polar surface area (TPSA) is 33.7 Å². The predicted octanol–water partition coefficient (Wildman–Crippen LogP) is 2.35. The van der Waals surface area contributed by atoms with E-state index in [9.17, 15) is 0 Å². The van der Waals surface area contributed by atoms with Crippen LogP contribution in [-0.2, 0) is 11.3 Å². The molecule has 0 saturated carbocycles. The van der Waals surface area contributed by atoms with Gasteiger partial charge in [0, 0.05) is 19.6 Å². The second-order valence-electron chi connectivity index (χ2n) is 4.84. The van der Waals surface area contributed by atoms with Crippen molar-refractivity contribution in [2.75, 3.05) is 46.5 Å². The number of nitrogens with one attached hydrogen (secondary N) is 1. The molecule has 21 heavy (non-hydrogen) atoms. The van der Waals surface area contributed by atoms with E-state index in [4.69, 9.17) is 9.47 Å². The molecule has 1 N–H and O–H groups in total. The van der Waals surface area contributed by atoms with Crippen LogP contribution in [0.3, 0.4) is 0 Å².